The summed E-state index contributed by atoms with van der Waals surface area (Å²) >= 11 is 6.01. The van der Waals surface area contributed by atoms with Crippen LogP contribution in [0, 0.1) is 17.2 Å². The highest BCUT2D eigenvalue weighted by Gasteiger charge is 2.18. The van der Waals surface area contributed by atoms with Crippen LogP contribution in [0.15, 0.2) is 42.5 Å². The van der Waals surface area contributed by atoms with Gasteiger partial charge >= 0.3 is 5.97 Å². The van der Waals surface area contributed by atoms with Crippen molar-refractivity contribution in [1.29, 1.82) is 5.26 Å². The number of carbonyl (C=O) groups excluding carboxylic acids is 1. The zero-order valence-electron chi connectivity index (χ0n) is 15.7. The first-order valence-corrected chi connectivity index (χ1v) is 9.17. The summed E-state index contributed by atoms with van der Waals surface area (Å²) in [5, 5.41) is 10.0. The van der Waals surface area contributed by atoms with Gasteiger partial charge in [0.2, 0.25) is 0 Å². The predicted molar refractivity (Wildman–Crippen MR) is 108 cm³/mol. The van der Waals surface area contributed by atoms with E-state index >= 15 is 0 Å². The first-order chi connectivity index (χ1) is 13.0. The molecule has 0 aromatic heterocycles. The number of carbonyl (C=O) groups is 1. The lowest BCUT2D eigenvalue weighted by molar-refractivity contribution is -0.139. The number of benzene rings is 2. The van der Waals surface area contributed by atoms with Gasteiger partial charge in [0.05, 0.1) is 24.7 Å². The van der Waals surface area contributed by atoms with Crippen LogP contribution in [0.25, 0.3) is 11.6 Å². The molecule has 0 spiro atoms. The lowest BCUT2D eigenvalue weighted by Gasteiger charge is -2.14. The Bertz CT molecular complexity index is 879. The number of esters is 1. The van der Waals surface area contributed by atoms with Gasteiger partial charge < -0.3 is 9.47 Å². The lowest BCUT2D eigenvalue weighted by Crippen LogP contribution is -2.19. The van der Waals surface area contributed by atoms with Gasteiger partial charge in [0.15, 0.2) is 11.5 Å². The van der Waals surface area contributed by atoms with Gasteiger partial charge in [0, 0.05) is 5.02 Å². The molecule has 0 aliphatic rings. The zero-order chi connectivity index (χ0) is 19.8. The molecule has 0 amide bonds. The molecule has 0 saturated heterocycles. The molecule has 2 rings (SSSR count). The van der Waals surface area contributed by atoms with Crippen LogP contribution in [-0.4, -0.2) is 13.1 Å². The first kappa shape index (κ1) is 20.5. The zero-order valence-corrected chi connectivity index (χ0v) is 16.4. The van der Waals surface area contributed by atoms with Crippen LogP contribution < -0.4 is 9.47 Å². The summed E-state index contributed by atoms with van der Waals surface area (Å²) in [4.78, 5) is 12.2. The second-order valence-corrected chi connectivity index (χ2v) is 6.46. The van der Waals surface area contributed by atoms with Crippen molar-refractivity contribution in [2.75, 3.05) is 7.11 Å². The quantitative estimate of drug-likeness (QED) is 0.264. The van der Waals surface area contributed by atoms with Crippen molar-refractivity contribution in [1.82, 2.24) is 0 Å². The van der Waals surface area contributed by atoms with Gasteiger partial charge in [-0.3, -0.25) is 4.79 Å². The third-order valence-electron chi connectivity index (χ3n) is 4.28. The molecule has 5 heteroatoms. The van der Waals surface area contributed by atoms with E-state index in [-0.39, 0.29) is 11.9 Å². The highest BCUT2D eigenvalue weighted by Crippen LogP contribution is 2.31. The predicted octanol–water partition coefficient (Wildman–Crippen LogP) is 5.75. The SMILES string of the molecule is CCC(CC)C(=O)Oc1ccc(/C=C(/C#N)c2cccc(Cl)c2)cc1OC. The summed E-state index contributed by atoms with van der Waals surface area (Å²) < 4.78 is 10.9. The molecular formula is C22H22ClNO3. The smallest absolute Gasteiger partial charge is 0.314 e. The van der Waals surface area contributed by atoms with Gasteiger partial charge in [-0.15, -0.1) is 0 Å². The van der Waals surface area contributed by atoms with E-state index in [1.54, 1.807) is 42.5 Å². The van der Waals surface area contributed by atoms with Crippen LogP contribution in [-0.2, 0) is 4.79 Å². The van der Waals surface area contributed by atoms with Crippen LogP contribution in [0.2, 0.25) is 5.02 Å². The lowest BCUT2D eigenvalue weighted by atomic mass is 10.0. The highest BCUT2D eigenvalue weighted by atomic mass is 35.5. The number of allylic oxidation sites excluding steroid dienone is 1. The van der Waals surface area contributed by atoms with Crippen molar-refractivity contribution in [2.24, 2.45) is 5.92 Å². The number of halogens is 1. The van der Waals surface area contributed by atoms with E-state index in [2.05, 4.69) is 6.07 Å². The minimum atomic E-state index is -0.266. The second-order valence-electron chi connectivity index (χ2n) is 6.02. The maximum Gasteiger partial charge on any atom is 0.314 e. The van der Waals surface area contributed by atoms with Crippen LogP contribution in [0.5, 0.6) is 11.5 Å². The molecule has 0 unspecified atom stereocenters. The Hall–Kier alpha value is -2.77. The van der Waals surface area contributed by atoms with Crippen molar-refractivity contribution >= 4 is 29.2 Å². The molecule has 0 aliphatic heterocycles. The van der Waals surface area contributed by atoms with Crippen LogP contribution in [0.4, 0.5) is 0 Å². The molecule has 27 heavy (non-hydrogen) atoms. The molecule has 2 aromatic carbocycles. The van der Waals surface area contributed by atoms with Crippen LogP contribution in [0.3, 0.4) is 0 Å². The number of nitrogens with zero attached hydrogens (tertiary/aromatic N) is 1. The van der Waals surface area contributed by atoms with E-state index in [0.29, 0.717) is 22.1 Å². The van der Waals surface area contributed by atoms with Gasteiger partial charge in [-0.25, -0.2) is 0 Å². The highest BCUT2D eigenvalue weighted by molar-refractivity contribution is 6.30. The van der Waals surface area contributed by atoms with Crippen molar-refractivity contribution in [3.8, 4) is 17.6 Å². The molecule has 0 bridgehead atoms. The Kier molecular flexibility index (Phi) is 7.45. The van der Waals surface area contributed by atoms with E-state index in [4.69, 9.17) is 21.1 Å². The molecule has 2 aromatic rings. The molecular weight excluding hydrogens is 362 g/mol. The number of ether oxygens (including phenoxy) is 2. The van der Waals surface area contributed by atoms with E-state index < -0.39 is 0 Å². The Morgan fingerprint density at radius 2 is 1.93 bits per heavy atom. The van der Waals surface area contributed by atoms with Crippen LogP contribution in [0.1, 0.15) is 37.8 Å². The van der Waals surface area contributed by atoms with Crippen molar-refractivity contribution in [3.63, 3.8) is 0 Å². The molecule has 0 atom stereocenters. The Morgan fingerprint density at radius 1 is 1.19 bits per heavy atom. The van der Waals surface area contributed by atoms with Gasteiger partial charge in [0.25, 0.3) is 0 Å². The molecule has 0 heterocycles. The summed E-state index contributed by atoms with van der Waals surface area (Å²) in [6.45, 7) is 3.92. The molecule has 0 saturated carbocycles. The second kappa shape index (κ2) is 9.80. The maximum atomic E-state index is 12.2. The number of hydrogen-bond donors (Lipinski definition) is 0. The standard InChI is InChI=1S/C22H22ClNO3/c1-4-16(5-2)22(25)27-20-10-9-15(12-21(20)26-3)11-18(14-24)17-7-6-8-19(23)13-17/h6-13,16H,4-5H2,1-3H3/b18-11-. The fourth-order valence-corrected chi connectivity index (χ4v) is 2.87. The summed E-state index contributed by atoms with van der Waals surface area (Å²) in [6.07, 6.45) is 3.19. The fraction of sp³-hybridized carbons (Fsp3) is 0.273. The molecule has 140 valence electrons. The largest absolute Gasteiger partial charge is 0.493 e. The maximum absolute atomic E-state index is 12.2. The van der Waals surface area contributed by atoms with Crippen molar-refractivity contribution < 1.29 is 14.3 Å². The topological polar surface area (TPSA) is 59.3 Å². The number of hydrogen-bond acceptors (Lipinski definition) is 4. The molecule has 0 aliphatic carbocycles. The minimum Gasteiger partial charge on any atom is -0.493 e. The minimum absolute atomic E-state index is 0.137. The summed E-state index contributed by atoms with van der Waals surface area (Å²) in [5.41, 5.74) is 1.96. The Morgan fingerprint density at radius 3 is 2.52 bits per heavy atom. The van der Waals surface area contributed by atoms with Gasteiger partial charge in [-0.05, 0) is 54.3 Å². The van der Waals surface area contributed by atoms with E-state index in [0.717, 1.165) is 24.0 Å². The first-order valence-electron chi connectivity index (χ1n) is 8.79. The third kappa shape index (κ3) is 5.35. The van der Waals surface area contributed by atoms with Gasteiger partial charge in [-0.1, -0.05) is 43.6 Å². The monoisotopic (exact) mass is 383 g/mol. The number of rotatable bonds is 7. The van der Waals surface area contributed by atoms with E-state index in [1.807, 2.05) is 19.9 Å². The van der Waals surface area contributed by atoms with Crippen molar-refractivity contribution in [2.45, 2.75) is 26.7 Å². The number of methoxy groups -OCH3 is 1. The average molecular weight is 384 g/mol. The van der Waals surface area contributed by atoms with E-state index in [9.17, 15) is 10.1 Å². The van der Waals surface area contributed by atoms with E-state index in [1.165, 1.54) is 7.11 Å². The molecule has 0 radical (unpaired) electrons. The summed E-state index contributed by atoms with van der Waals surface area (Å²) in [7, 11) is 1.51. The van der Waals surface area contributed by atoms with Gasteiger partial charge in [-0.2, -0.15) is 5.26 Å². The average Bonchev–Trinajstić information content (AvgIpc) is 2.68. The summed E-state index contributed by atoms with van der Waals surface area (Å²) in [5.74, 6) is 0.403. The van der Waals surface area contributed by atoms with Crippen molar-refractivity contribution in [3.05, 3.63) is 58.6 Å². The molecule has 0 fully saturated rings. The van der Waals surface area contributed by atoms with Gasteiger partial charge in [0.1, 0.15) is 0 Å². The molecule has 0 N–H and O–H groups in total. The fourth-order valence-electron chi connectivity index (χ4n) is 2.67. The third-order valence-corrected chi connectivity index (χ3v) is 4.52. The summed E-state index contributed by atoms with van der Waals surface area (Å²) in [6, 6.07) is 14.5. The normalized spacial score (nSPS) is 11.2. The number of nitriles is 1. The Labute approximate surface area is 165 Å². The Balaban J connectivity index is 2.32. The molecule has 4 nitrogen and oxygen atoms in total. The van der Waals surface area contributed by atoms with Crippen LogP contribution >= 0.6 is 11.6 Å².